The van der Waals surface area contributed by atoms with E-state index in [4.69, 9.17) is 0 Å². The Balaban J connectivity index is 2.25. The van der Waals surface area contributed by atoms with E-state index in [0.717, 1.165) is 52.0 Å². The Morgan fingerprint density at radius 1 is 1.21 bits per heavy atom. The van der Waals surface area contributed by atoms with Crippen LogP contribution < -0.4 is 10.0 Å². The van der Waals surface area contributed by atoms with Gasteiger partial charge in [0.1, 0.15) is 0 Å². The topological polar surface area (TPSA) is 61.4 Å². The van der Waals surface area contributed by atoms with E-state index in [-0.39, 0.29) is 5.75 Å². The van der Waals surface area contributed by atoms with Crippen LogP contribution in [0.4, 0.5) is 0 Å². The van der Waals surface area contributed by atoms with Gasteiger partial charge in [0.05, 0.1) is 5.75 Å². The minimum Gasteiger partial charge on any atom is -0.317 e. The first-order valence-corrected chi connectivity index (χ1v) is 9.13. The van der Waals surface area contributed by atoms with Crippen molar-refractivity contribution in [1.29, 1.82) is 0 Å². The smallest absolute Gasteiger partial charge is 0.211 e. The van der Waals surface area contributed by atoms with Crippen LogP contribution in [0, 0.1) is 5.92 Å². The molecule has 0 aromatic carbocycles. The van der Waals surface area contributed by atoms with E-state index in [1.54, 1.807) is 0 Å². The number of nitrogens with zero attached hydrogens (tertiary/aromatic N) is 1. The van der Waals surface area contributed by atoms with Crippen molar-refractivity contribution < 1.29 is 8.42 Å². The average Bonchev–Trinajstić information content (AvgIpc) is 2.38. The molecule has 1 fully saturated rings. The summed E-state index contributed by atoms with van der Waals surface area (Å²) in [6.45, 7) is 9.48. The van der Waals surface area contributed by atoms with Crippen molar-refractivity contribution in [3.63, 3.8) is 0 Å². The molecule has 6 heteroatoms. The molecule has 0 bridgehead atoms. The summed E-state index contributed by atoms with van der Waals surface area (Å²) in [4.78, 5) is 2.27. The Labute approximate surface area is 118 Å². The molecule has 0 aliphatic carbocycles. The molecule has 1 aliphatic heterocycles. The normalized spacial score (nSPS) is 18.1. The first-order chi connectivity index (χ1) is 9.07. The summed E-state index contributed by atoms with van der Waals surface area (Å²) in [5.41, 5.74) is 0. The standard InChI is InChI=1S/C13H29N3O2S/c1-3-10-16(4-2)11-9-15-19(17,18)12-13-5-7-14-8-6-13/h13-15H,3-12H2,1-2H3. The fraction of sp³-hybridized carbons (Fsp3) is 1.00. The summed E-state index contributed by atoms with van der Waals surface area (Å²) < 4.78 is 26.7. The van der Waals surface area contributed by atoms with Crippen molar-refractivity contribution in [3.8, 4) is 0 Å². The molecule has 5 nitrogen and oxygen atoms in total. The third kappa shape index (κ3) is 7.25. The van der Waals surface area contributed by atoms with Gasteiger partial charge in [0, 0.05) is 13.1 Å². The first kappa shape index (κ1) is 16.9. The Morgan fingerprint density at radius 2 is 1.89 bits per heavy atom. The number of hydrogen-bond donors (Lipinski definition) is 2. The van der Waals surface area contributed by atoms with E-state index in [9.17, 15) is 8.42 Å². The largest absolute Gasteiger partial charge is 0.317 e. The SMILES string of the molecule is CCCN(CC)CCNS(=O)(=O)CC1CCNCC1. The molecule has 2 N–H and O–H groups in total. The lowest BCUT2D eigenvalue weighted by molar-refractivity contribution is 0.293. The predicted molar refractivity (Wildman–Crippen MR) is 79.8 cm³/mol. The van der Waals surface area contributed by atoms with Gasteiger partial charge in [-0.1, -0.05) is 13.8 Å². The molecule has 0 saturated carbocycles. The minimum absolute atomic E-state index is 0.286. The van der Waals surface area contributed by atoms with Gasteiger partial charge >= 0.3 is 0 Å². The van der Waals surface area contributed by atoms with E-state index in [0.29, 0.717) is 12.5 Å². The first-order valence-electron chi connectivity index (χ1n) is 7.47. The average molecular weight is 291 g/mol. The van der Waals surface area contributed by atoms with Gasteiger partial charge in [-0.2, -0.15) is 0 Å². The second-order valence-electron chi connectivity index (χ2n) is 5.30. The van der Waals surface area contributed by atoms with Crippen molar-refractivity contribution in [2.45, 2.75) is 33.1 Å². The van der Waals surface area contributed by atoms with E-state index in [1.165, 1.54) is 0 Å². The molecule has 1 heterocycles. The number of rotatable bonds is 9. The maximum absolute atomic E-state index is 12.0. The molecule has 0 aromatic rings. The van der Waals surface area contributed by atoms with E-state index in [1.807, 2.05) is 0 Å². The summed E-state index contributed by atoms with van der Waals surface area (Å²) in [6, 6.07) is 0. The highest BCUT2D eigenvalue weighted by molar-refractivity contribution is 7.89. The van der Waals surface area contributed by atoms with Crippen LogP contribution in [0.3, 0.4) is 0 Å². The maximum Gasteiger partial charge on any atom is 0.211 e. The Bertz CT molecular complexity index is 327. The van der Waals surface area contributed by atoms with Crippen LogP contribution >= 0.6 is 0 Å². The molecule has 114 valence electrons. The van der Waals surface area contributed by atoms with Crippen molar-refractivity contribution in [2.75, 3.05) is 45.0 Å². The zero-order valence-corrected chi connectivity index (χ0v) is 13.1. The number of likely N-dealkylation sites (N-methyl/N-ethyl adjacent to an activating group) is 1. The molecular weight excluding hydrogens is 262 g/mol. The molecule has 19 heavy (non-hydrogen) atoms. The maximum atomic E-state index is 12.0. The van der Waals surface area contributed by atoms with Gasteiger partial charge in [-0.3, -0.25) is 0 Å². The molecule has 0 amide bonds. The van der Waals surface area contributed by atoms with Gasteiger partial charge in [-0.15, -0.1) is 0 Å². The quantitative estimate of drug-likeness (QED) is 0.654. The van der Waals surface area contributed by atoms with Gasteiger partial charge in [0.2, 0.25) is 10.0 Å². The van der Waals surface area contributed by atoms with E-state index >= 15 is 0 Å². The molecule has 1 saturated heterocycles. The molecule has 0 aromatic heterocycles. The van der Waals surface area contributed by atoms with Gasteiger partial charge in [-0.05, 0) is 51.4 Å². The monoisotopic (exact) mass is 291 g/mol. The summed E-state index contributed by atoms with van der Waals surface area (Å²) in [6.07, 6.45) is 3.05. The van der Waals surface area contributed by atoms with Crippen LogP contribution in [-0.4, -0.2) is 58.3 Å². The highest BCUT2D eigenvalue weighted by Gasteiger charge is 2.20. The van der Waals surface area contributed by atoms with Gasteiger partial charge in [0.15, 0.2) is 0 Å². The third-order valence-electron chi connectivity index (χ3n) is 3.65. The third-order valence-corrected chi connectivity index (χ3v) is 5.21. The Morgan fingerprint density at radius 3 is 2.47 bits per heavy atom. The molecule has 1 aliphatic rings. The molecule has 0 spiro atoms. The van der Waals surface area contributed by atoms with E-state index in [2.05, 4.69) is 28.8 Å². The van der Waals surface area contributed by atoms with Crippen LogP contribution in [0.1, 0.15) is 33.1 Å². The van der Waals surface area contributed by atoms with Crippen molar-refractivity contribution >= 4 is 10.0 Å². The fourth-order valence-electron chi connectivity index (χ4n) is 2.52. The highest BCUT2D eigenvalue weighted by Crippen LogP contribution is 2.13. The van der Waals surface area contributed by atoms with Crippen LogP contribution in [0.2, 0.25) is 0 Å². The van der Waals surface area contributed by atoms with Gasteiger partial charge in [0.25, 0.3) is 0 Å². The van der Waals surface area contributed by atoms with Crippen LogP contribution in [-0.2, 0) is 10.0 Å². The number of piperidine rings is 1. The van der Waals surface area contributed by atoms with Crippen LogP contribution in [0.15, 0.2) is 0 Å². The predicted octanol–water partition coefficient (Wildman–Crippen LogP) is 0.637. The second kappa shape index (κ2) is 8.89. The minimum atomic E-state index is -3.10. The number of hydrogen-bond acceptors (Lipinski definition) is 4. The Hall–Kier alpha value is -0.170. The summed E-state index contributed by atoms with van der Waals surface area (Å²) in [5, 5.41) is 3.26. The highest BCUT2D eigenvalue weighted by atomic mass is 32.2. The van der Waals surface area contributed by atoms with Crippen molar-refractivity contribution in [3.05, 3.63) is 0 Å². The molecule has 0 atom stereocenters. The van der Waals surface area contributed by atoms with Crippen molar-refractivity contribution in [2.24, 2.45) is 5.92 Å². The van der Waals surface area contributed by atoms with Gasteiger partial charge < -0.3 is 10.2 Å². The molecule has 0 radical (unpaired) electrons. The molecular formula is C13H29N3O2S. The van der Waals surface area contributed by atoms with Crippen LogP contribution in [0.25, 0.3) is 0 Å². The van der Waals surface area contributed by atoms with Gasteiger partial charge in [-0.25, -0.2) is 13.1 Å². The molecule has 1 rings (SSSR count). The summed E-state index contributed by atoms with van der Waals surface area (Å²) in [7, 11) is -3.10. The lowest BCUT2D eigenvalue weighted by Crippen LogP contribution is -2.39. The zero-order chi connectivity index (χ0) is 14.1. The molecule has 0 unspecified atom stereocenters. The van der Waals surface area contributed by atoms with Crippen molar-refractivity contribution in [1.82, 2.24) is 14.9 Å². The summed E-state index contributed by atoms with van der Waals surface area (Å²) >= 11 is 0. The van der Waals surface area contributed by atoms with E-state index < -0.39 is 10.0 Å². The Kier molecular flexibility index (Phi) is 7.90. The summed E-state index contributed by atoms with van der Waals surface area (Å²) in [5.74, 6) is 0.603. The zero-order valence-electron chi connectivity index (χ0n) is 12.3. The number of sulfonamides is 1. The fourth-order valence-corrected chi connectivity index (χ4v) is 4.00. The second-order valence-corrected chi connectivity index (χ2v) is 7.15. The lowest BCUT2D eigenvalue weighted by Gasteiger charge is -2.23. The van der Waals surface area contributed by atoms with Crippen LogP contribution in [0.5, 0.6) is 0 Å². The number of nitrogens with one attached hydrogen (secondary N) is 2. The lowest BCUT2D eigenvalue weighted by atomic mass is 10.0.